The molecule has 94 valence electrons. The second-order valence-corrected chi connectivity index (χ2v) is 4.87. The van der Waals surface area contributed by atoms with Crippen molar-refractivity contribution in [3.63, 3.8) is 0 Å². The van der Waals surface area contributed by atoms with Crippen molar-refractivity contribution in [3.8, 4) is 5.75 Å². The molecular formula is C14H14FNOS. The molecule has 0 aliphatic heterocycles. The van der Waals surface area contributed by atoms with Crippen molar-refractivity contribution >= 4 is 17.4 Å². The van der Waals surface area contributed by atoms with Crippen LogP contribution in [0.1, 0.15) is 5.56 Å². The summed E-state index contributed by atoms with van der Waals surface area (Å²) in [6, 6.07) is 12.3. The molecule has 0 aliphatic rings. The van der Waals surface area contributed by atoms with E-state index in [9.17, 15) is 4.39 Å². The molecule has 4 heteroatoms. The van der Waals surface area contributed by atoms with Gasteiger partial charge in [0.05, 0.1) is 7.11 Å². The van der Waals surface area contributed by atoms with Gasteiger partial charge in [-0.15, -0.1) is 11.8 Å². The molecule has 0 heterocycles. The molecule has 0 aromatic heterocycles. The Hall–Kier alpha value is -1.68. The fraction of sp³-hybridized carbons (Fsp3) is 0.143. The quantitative estimate of drug-likeness (QED) is 0.674. The van der Waals surface area contributed by atoms with E-state index >= 15 is 0 Å². The molecule has 2 rings (SSSR count). The number of halogens is 1. The first-order valence-corrected chi connectivity index (χ1v) is 6.48. The summed E-state index contributed by atoms with van der Waals surface area (Å²) in [6.07, 6.45) is 0. The van der Waals surface area contributed by atoms with E-state index in [0.717, 1.165) is 16.2 Å². The highest BCUT2D eigenvalue weighted by molar-refractivity contribution is 7.98. The highest BCUT2D eigenvalue weighted by Gasteiger charge is 2.04. The Morgan fingerprint density at radius 3 is 2.72 bits per heavy atom. The third-order valence-corrected chi connectivity index (χ3v) is 3.50. The molecule has 0 spiro atoms. The van der Waals surface area contributed by atoms with Gasteiger partial charge in [0.15, 0.2) is 0 Å². The minimum absolute atomic E-state index is 0.308. The van der Waals surface area contributed by atoms with E-state index in [0.29, 0.717) is 11.4 Å². The lowest BCUT2D eigenvalue weighted by Gasteiger charge is -2.08. The fourth-order valence-electron chi connectivity index (χ4n) is 1.65. The van der Waals surface area contributed by atoms with Crippen LogP contribution in [0.2, 0.25) is 0 Å². The molecule has 0 unspecified atom stereocenters. The van der Waals surface area contributed by atoms with Gasteiger partial charge in [0, 0.05) is 21.9 Å². The maximum atomic E-state index is 13.2. The van der Waals surface area contributed by atoms with Crippen molar-refractivity contribution in [1.29, 1.82) is 0 Å². The predicted molar refractivity (Wildman–Crippen MR) is 73.4 cm³/mol. The largest absolute Gasteiger partial charge is 0.496 e. The minimum Gasteiger partial charge on any atom is -0.496 e. The third-order valence-electron chi connectivity index (χ3n) is 2.48. The number of ether oxygens (including phenoxy) is 1. The monoisotopic (exact) mass is 263 g/mol. The molecule has 0 amide bonds. The Labute approximate surface area is 110 Å². The van der Waals surface area contributed by atoms with Gasteiger partial charge in [-0.3, -0.25) is 0 Å². The number of nitrogens with two attached hydrogens (primary N) is 1. The van der Waals surface area contributed by atoms with Crippen LogP contribution in [-0.4, -0.2) is 7.11 Å². The smallest absolute Gasteiger partial charge is 0.126 e. The summed E-state index contributed by atoms with van der Waals surface area (Å²) in [5, 5.41) is 0. The Balaban J connectivity index is 2.11. The molecule has 2 N–H and O–H groups in total. The molecule has 2 nitrogen and oxygen atoms in total. The van der Waals surface area contributed by atoms with Gasteiger partial charge in [-0.25, -0.2) is 4.39 Å². The van der Waals surface area contributed by atoms with Gasteiger partial charge in [-0.05, 0) is 24.3 Å². The van der Waals surface area contributed by atoms with Crippen molar-refractivity contribution < 1.29 is 9.13 Å². The van der Waals surface area contributed by atoms with Crippen LogP contribution in [0, 0.1) is 5.82 Å². The molecule has 0 atom stereocenters. The third kappa shape index (κ3) is 3.17. The van der Waals surface area contributed by atoms with Gasteiger partial charge in [-0.1, -0.05) is 18.2 Å². The zero-order chi connectivity index (χ0) is 13.0. The summed E-state index contributed by atoms with van der Waals surface area (Å²) in [7, 11) is 1.64. The molecule has 0 bridgehead atoms. The standard InChI is InChI=1S/C14H14FNOS/c1-17-14-5-3-2-4-10(14)9-18-13-7-11(15)6-12(16)8-13/h2-8H,9,16H2,1H3. The van der Waals surface area contributed by atoms with E-state index in [1.807, 2.05) is 24.3 Å². The van der Waals surface area contributed by atoms with Gasteiger partial charge in [-0.2, -0.15) is 0 Å². The van der Waals surface area contributed by atoms with Crippen LogP contribution in [0.3, 0.4) is 0 Å². The average Bonchev–Trinajstić information content (AvgIpc) is 2.35. The van der Waals surface area contributed by atoms with E-state index in [2.05, 4.69) is 0 Å². The number of thioether (sulfide) groups is 1. The number of hydrogen-bond donors (Lipinski definition) is 1. The molecule has 2 aromatic rings. The second-order valence-electron chi connectivity index (χ2n) is 3.82. The van der Waals surface area contributed by atoms with Gasteiger partial charge < -0.3 is 10.5 Å². The maximum Gasteiger partial charge on any atom is 0.126 e. The van der Waals surface area contributed by atoms with E-state index in [-0.39, 0.29) is 5.82 Å². The summed E-state index contributed by atoms with van der Waals surface area (Å²) in [4.78, 5) is 0.818. The normalized spacial score (nSPS) is 10.3. The van der Waals surface area contributed by atoms with Crippen molar-refractivity contribution in [3.05, 3.63) is 53.8 Å². The van der Waals surface area contributed by atoms with Crippen molar-refractivity contribution in [2.24, 2.45) is 0 Å². The number of nitrogen functional groups attached to an aromatic ring is 1. The number of para-hydroxylation sites is 1. The lowest BCUT2D eigenvalue weighted by atomic mass is 10.2. The SMILES string of the molecule is COc1ccccc1CSc1cc(N)cc(F)c1. The average molecular weight is 263 g/mol. The first kappa shape index (κ1) is 12.8. The topological polar surface area (TPSA) is 35.2 Å². The van der Waals surface area contributed by atoms with Crippen LogP contribution in [0.4, 0.5) is 10.1 Å². The Bertz CT molecular complexity index is 525. The number of benzene rings is 2. The predicted octanol–water partition coefficient (Wildman–Crippen LogP) is 3.71. The summed E-state index contributed by atoms with van der Waals surface area (Å²) < 4.78 is 18.5. The van der Waals surface area contributed by atoms with Crippen LogP contribution in [0.15, 0.2) is 47.4 Å². The molecule has 18 heavy (non-hydrogen) atoms. The summed E-state index contributed by atoms with van der Waals surface area (Å²) in [5.41, 5.74) is 7.13. The van der Waals surface area contributed by atoms with Crippen molar-refractivity contribution in [2.45, 2.75) is 10.6 Å². The molecular weight excluding hydrogens is 249 g/mol. The van der Waals surface area contributed by atoms with Crippen molar-refractivity contribution in [1.82, 2.24) is 0 Å². The summed E-state index contributed by atoms with van der Waals surface area (Å²) in [6.45, 7) is 0. The van der Waals surface area contributed by atoms with Crippen LogP contribution in [0.5, 0.6) is 5.75 Å². The van der Waals surface area contributed by atoms with E-state index < -0.39 is 0 Å². The number of methoxy groups -OCH3 is 1. The lowest BCUT2D eigenvalue weighted by molar-refractivity contribution is 0.411. The van der Waals surface area contributed by atoms with Crippen LogP contribution in [-0.2, 0) is 5.75 Å². The molecule has 0 radical (unpaired) electrons. The molecule has 0 saturated heterocycles. The number of hydrogen-bond acceptors (Lipinski definition) is 3. The lowest BCUT2D eigenvalue weighted by Crippen LogP contribution is -1.90. The zero-order valence-corrected chi connectivity index (χ0v) is 10.8. The highest BCUT2D eigenvalue weighted by Crippen LogP contribution is 2.29. The first-order chi connectivity index (χ1) is 8.69. The van der Waals surface area contributed by atoms with Crippen LogP contribution < -0.4 is 10.5 Å². The van der Waals surface area contributed by atoms with Gasteiger partial charge in [0.2, 0.25) is 0 Å². The Kier molecular flexibility index (Phi) is 4.10. The maximum absolute atomic E-state index is 13.2. The van der Waals surface area contributed by atoms with Gasteiger partial charge >= 0.3 is 0 Å². The summed E-state index contributed by atoms with van der Waals surface area (Å²) >= 11 is 1.53. The van der Waals surface area contributed by atoms with Gasteiger partial charge in [0.1, 0.15) is 11.6 Å². The molecule has 0 saturated carbocycles. The first-order valence-electron chi connectivity index (χ1n) is 5.50. The highest BCUT2D eigenvalue weighted by atomic mass is 32.2. The van der Waals surface area contributed by atoms with E-state index in [1.54, 1.807) is 13.2 Å². The van der Waals surface area contributed by atoms with E-state index in [1.165, 1.54) is 23.9 Å². The second kappa shape index (κ2) is 5.78. The Morgan fingerprint density at radius 1 is 1.22 bits per heavy atom. The van der Waals surface area contributed by atoms with Crippen molar-refractivity contribution in [2.75, 3.05) is 12.8 Å². The van der Waals surface area contributed by atoms with E-state index in [4.69, 9.17) is 10.5 Å². The van der Waals surface area contributed by atoms with Crippen LogP contribution >= 0.6 is 11.8 Å². The van der Waals surface area contributed by atoms with Gasteiger partial charge in [0.25, 0.3) is 0 Å². The fourth-order valence-corrected chi connectivity index (χ4v) is 2.63. The van der Waals surface area contributed by atoms with Crippen LogP contribution in [0.25, 0.3) is 0 Å². The summed E-state index contributed by atoms with van der Waals surface area (Å²) in [5.74, 6) is 1.25. The zero-order valence-electron chi connectivity index (χ0n) is 10.0. The molecule has 0 fully saturated rings. The number of rotatable bonds is 4. The molecule has 2 aromatic carbocycles. The minimum atomic E-state index is -0.308. The number of anilines is 1. The Morgan fingerprint density at radius 2 is 2.00 bits per heavy atom. The molecule has 0 aliphatic carbocycles.